The van der Waals surface area contributed by atoms with Crippen LogP contribution in [0.25, 0.3) is 0 Å². The Kier molecular flexibility index (Phi) is 3.13. The highest BCUT2D eigenvalue weighted by molar-refractivity contribution is 5.43. The molecule has 2 N–H and O–H groups in total. The molecule has 16 heavy (non-hydrogen) atoms. The summed E-state index contributed by atoms with van der Waals surface area (Å²) in [5.41, 5.74) is 3.06. The topological polar surface area (TPSA) is 69.2 Å². The van der Waals surface area contributed by atoms with Gasteiger partial charge in [0.05, 0.1) is 16.6 Å². The smallest absolute Gasteiger partial charge is 0.316 e. The van der Waals surface area contributed by atoms with E-state index in [0.29, 0.717) is 18.2 Å². The average Bonchev–Trinajstić information content (AvgIpc) is 2.15. The van der Waals surface area contributed by atoms with Gasteiger partial charge in [0, 0.05) is 0 Å². The molecule has 0 aliphatic carbocycles. The minimum atomic E-state index is -4.82. The van der Waals surface area contributed by atoms with Gasteiger partial charge in [-0.3, -0.25) is 10.1 Å². The van der Waals surface area contributed by atoms with Crippen LogP contribution < -0.4 is 5.73 Å². The van der Waals surface area contributed by atoms with Crippen LogP contribution in [0.2, 0.25) is 0 Å². The van der Waals surface area contributed by atoms with Gasteiger partial charge in [-0.2, -0.15) is 13.2 Å². The zero-order chi connectivity index (χ0) is 12.5. The van der Waals surface area contributed by atoms with Crippen molar-refractivity contribution in [2.24, 2.45) is 5.73 Å². The highest BCUT2D eigenvalue weighted by atomic mass is 19.4. The second-order valence-electron chi connectivity index (χ2n) is 2.98. The molecule has 0 spiro atoms. The van der Waals surface area contributed by atoms with E-state index in [1.54, 1.807) is 0 Å². The fourth-order valence-corrected chi connectivity index (χ4v) is 1.11. The van der Waals surface area contributed by atoms with Crippen molar-refractivity contribution < 1.29 is 22.5 Å². The zero-order valence-electron chi connectivity index (χ0n) is 7.66. The first-order chi connectivity index (χ1) is 7.23. The molecule has 0 saturated heterocycles. The van der Waals surface area contributed by atoms with Crippen molar-refractivity contribution in [2.45, 2.75) is 12.2 Å². The van der Waals surface area contributed by atoms with Crippen LogP contribution in [0.4, 0.5) is 23.2 Å². The first-order valence-corrected chi connectivity index (χ1v) is 3.99. The van der Waals surface area contributed by atoms with Crippen LogP contribution >= 0.6 is 0 Å². The summed E-state index contributed by atoms with van der Waals surface area (Å²) in [5.74, 6) is -0.996. The Morgan fingerprint density at radius 2 is 1.94 bits per heavy atom. The Balaban J connectivity index is 3.28. The SMILES string of the molecule is N[C@@H](c1ccc(F)cc1[N+](=O)[O-])C(F)(F)F. The molecule has 1 rings (SSSR count). The van der Waals surface area contributed by atoms with Gasteiger partial charge in [0.15, 0.2) is 0 Å². The standard InChI is InChI=1S/C8H6F4N2O2/c9-4-1-2-5(6(3-4)14(15)16)7(13)8(10,11)12/h1-3,7H,13H2/t7-/m0/s1. The van der Waals surface area contributed by atoms with E-state index < -0.39 is 34.2 Å². The molecule has 0 radical (unpaired) electrons. The Labute approximate surface area is 86.8 Å². The second kappa shape index (κ2) is 4.05. The monoisotopic (exact) mass is 238 g/mol. The van der Waals surface area contributed by atoms with E-state index >= 15 is 0 Å². The van der Waals surface area contributed by atoms with Crippen LogP contribution in [0.15, 0.2) is 18.2 Å². The van der Waals surface area contributed by atoms with Gasteiger partial charge in [-0.1, -0.05) is 0 Å². The predicted octanol–water partition coefficient (Wildman–Crippen LogP) is 2.30. The molecular formula is C8H6F4N2O2. The number of hydrogen-bond donors (Lipinski definition) is 1. The summed E-state index contributed by atoms with van der Waals surface area (Å²) in [4.78, 5) is 9.31. The average molecular weight is 238 g/mol. The molecule has 1 aromatic carbocycles. The van der Waals surface area contributed by atoms with Crippen LogP contribution in [-0.4, -0.2) is 11.1 Å². The molecule has 0 unspecified atom stereocenters. The fraction of sp³-hybridized carbons (Fsp3) is 0.250. The van der Waals surface area contributed by atoms with Crippen molar-refractivity contribution in [2.75, 3.05) is 0 Å². The predicted molar refractivity (Wildman–Crippen MR) is 46.0 cm³/mol. The van der Waals surface area contributed by atoms with Crippen molar-refractivity contribution in [1.82, 2.24) is 0 Å². The highest BCUT2D eigenvalue weighted by Crippen LogP contribution is 2.35. The van der Waals surface area contributed by atoms with Gasteiger partial charge >= 0.3 is 6.18 Å². The summed E-state index contributed by atoms with van der Waals surface area (Å²) in [5, 5.41) is 10.4. The lowest BCUT2D eigenvalue weighted by molar-refractivity contribution is -0.386. The van der Waals surface area contributed by atoms with Crippen LogP contribution in [0, 0.1) is 15.9 Å². The van der Waals surface area contributed by atoms with Crippen molar-refractivity contribution in [3.63, 3.8) is 0 Å². The largest absolute Gasteiger partial charge is 0.407 e. The van der Waals surface area contributed by atoms with Gasteiger partial charge in [0.2, 0.25) is 0 Å². The number of nitro benzene ring substituents is 1. The summed E-state index contributed by atoms with van der Waals surface area (Å²) in [6, 6.07) is -0.756. The third-order valence-electron chi connectivity index (χ3n) is 1.88. The lowest BCUT2D eigenvalue weighted by Crippen LogP contribution is -2.29. The summed E-state index contributed by atoms with van der Waals surface area (Å²) < 4.78 is 49.4. The van der Waals surface area contributed by atoms with Crippen molar-refractivity contribution >= 4 is 5.69 Å². The van der Waals surface area contributed by atoms with Crippen molar-refractivity contribution in [3.05, 3.63) is 39.7 Å². The van der Waals surface area contributed by atoms with E-state index in [2.05, 4.69) is 0 Å². The summed E-state index contributed by atoms with van der Waals surface area (Å²) in [6.45, 7) is 0. The first-order valence-electron chi connectivity index (χ1n) is 3.99. The molecule has 88 valence electrons. The summed E-state index contributed by atoms with van der Waals surface area (Å²) >= 11 is 0. The maximum atomic E-state index is 12.6. The lowest BCUT2D eigenvalue weighted by atomic mass is 10.1. The number of rotatable bonds is 2. The summed E-state index contributed by atoms with van der Waals surface area (Å²) in [6.07, 6.45) is -4.82. The molecule has 0 amide bonds. The third kappa shape index (κ3) is 2.45. The number of nitrogens with zero attached hydrogens (tertiary/aromatic N) is 1. The first kappa shape index (κ1) is 12.4. The van der Waals surface area contributed by atoms with Gasteiger partial charge in [0.1, 0.15) is 11.9 Å². The van der Waals surface area contributed by atoms with E-state index in [1.165, 1.54) is 0 Å². The van der Waals surface area contributed by atoms with Crippen LogP contribution in [0.1, 0.15) is 11.6 Å². The Hall–Kier alpha value is -1.70. The molecule has 1 aromatic rings. The molecule has 4 nitrogen and oxygen atoms in total. The van der Waals surface area contributed by atoms with Gasteiger partial charge in [-0.25, -0.2) is 4.39 Å². The molecule has 8 heteroatoms. The number of benzene rings is 1. The molecule has 0 aliphatic rings. The van der Waals surface area contributed by atoms with E-state index in [9.17, 15) is 27.7 Å². The van der Waals surface area contributed by atoms with E-state index in [1.807, 2.05) is 0 Å². The third-order valence-corrected chi connectivity index (χ3v) is 1.88. The molecule has 0 aliphatic heterocycles. The maximum Gasteiger partial charge on any atom is 0.407 e. The van der Waals surface area contributed by atoms with Gasteiger partial charge in [0.25, 0.3) is 5.69 Å². The number of alkyl halides is 3. The summed E-state index contributed by atoms with van der Waals surface area (Å²) in [7, 11) is 0. The number of halogens is 4. The molecule has 1 atom stereocenters. The van der Waals surface area contributed by atoms with E-state index in [0.717, 1.165) is 0 Å². The zero-order valence-corrected chi connectivity index (χ0v) is 7.66. The van der Waals surface area contributed by atoms with E-state index in [4.69, 9.17) is 5.73 Å². The van der Waals surface area contributed by atoms with Gasteiger partial charge < -0.3 is 5.73 Å². The molecule has 0 saturated carbocycles. The van der Waals surface area contributed by atoms with Crippen molar-refractivity contribution in [1.29, 1.82) is 0 Å². The van der Waals surface area contributed by atoms with E-state index in [-0.39, 0.29) is 0 Å². The number of hydrogen-bond acceptors (Lipinski definition) is 3. The lowest BCUT2D eigenvalue weighted by Gasteiger charge is -2.15. The molecule has 0 heterocycles. The van der Waals surface area contributed by atoms with Crippen LogP contribution in [0.5, 0.6) is 0 Å². The molecule has 0 fully saturated rings. The highest BCUT2D eigenvalue weighted by Gasteiger charge is 2.41. The number of nitro groups is 1. The van der Waals surface area contributed by atoms with Crippen LogP contribution in [-0.2, 0) is 0 Å². The normalized spacial score (nSPS) is 13.6. The number of nitrogens with two attached hydrogens (primary N) is 1. The Morgan fingerprint density at radius 1 is 1.38 bits per heavy atom. The second-order valence-corrected chi connectivity index (χ2v) is 2.98. The minimum Gasteiger partial charge on any atom is -0.316 e. The maximum absolute atomic E-state index is 12.6. The Bertz CT molecular complexity index is 419. The molecule has 0 aromatic heterocycles. The molecule has 0 bridgehead atoms. The van der Waals surface area contributed by atoms with Crippen LogP contribution in [0.3, 0.4) is 0 Å². The van der Waals surface area contributed by atoms with Gasteiger partial charge in [-0.15, -0.1) is 0 Å². The van der Waals surface area contributed by atoms with Gasteiger partial charge in [-0.05, 0) is 12.1 Å². The fourth-order valence-electron chi connectivity index (χ4n) is 1.11. The van der Waals surface area contributed by atoms with Crippen molar-refractivity contribution in [3.8, 4) is 0 Å². The quantitative estimate of drug-likeness (QED) is 0.488. The Morgan fingerprint density at radius 3 is 2.38 bits per heavy atom. The molecular weight excluding hydrogens is 232 g/mol. The minimum absolute atomic E-state index is 0.404.